The van der Waals surface area contributed by atoms with Crippen LogP contribution < -0.4 is 9.47 Å². The van der Waals surface area contributed by atoms with E-state index in [0.29, 0.717) is 43.6 Å². The number of nitrogens with zero attached hydrogens (tertiary/aromatic N) is 1. The molecule has 2 aromatic carbocycles. The van der Waals surface area contributed by atoms with Crippen LogP contribution in [0.25, 0.3) is 22.6 Å². The molecule has 0 atom stereocenters. The highest BCUT2D eigenvalue weighted by Crippen LogP contribution is 2.38. The molecule has 1 aliphatic rings. The number of ether oxygens (including phenoxy) is 3. The zero-order valence-electron chi connectivity index (χ0n) is 19.7. The quantitative estimate of drug-likeness (QED) is 0.205. The van der Waals surface area contributed by atoms with Gasteiger partial charge in [-0.1, -0.05) is 35.9 Å². The third-order valence-corrected chi connectivity index (χ3v) is 7.35. The Bertz CT molecular complexity index is 1520. The summed E-state index contributed by atoms with van der Waals surface area (Å²) in [7, 11) is 3.20. The predicted octanol–water partition coefficient (Wildman–Crippen LogP) is 6.49. The van der Waals surface area contributed by atoms with Gasteiger partial charge in [0.1, 0.15) is 0 Å². The van der Waals surface area contributed by atoms with Gasteiger partial charge in [-0.25, -0.2) is 9.78 Å². The van der Waals surface area contributed by atoms with Crippen LogP contribution in [0.2, 0.25) is 4.34 Å². The van der Waals surface area contributed by atoms with Crippen molar-refractivity contribution in [2.24, 2.45) is 0 Å². The van der Waals surface area contributed by atoms with E-state index >= 15 is 0 Å². The molecule has 0 N–H and O–H groups in total. The zero-order chi connectivity index (χ0) is 25.2. The van der Waals surface area contributed by atoms with Gasteiger partial charge in [0.2, 0.25) is 5.78 Å². The number of carbonyl (C=O) groups is 2. The van der Waals surface area contributed by atoms with Gasteiger partial charge in [-0.3, -0.25) is 4.79 Å². The van der Waals surface area contributed by atoms with E-state index in [4.69, 9.17) is 30.8 Å². The minimum atomic E-state index is -0.534. The number of para-hydroxylation sites is 1. The van der Waals surface area contributed by atoms with E-state index in [1.165, 1.54) is 0 Å². The summed E-state index contributed by atoms with van der Waals surface area (Å²) in [5.41, 5.74) is 4.71. The largest absolute Gasteiger partial charge is 0.493 e. The van der Waals surface area contributed by atoms with E-state index in [2.05, 4.69) is 6.08 Å². The third-order valence-electron chi connectivity index (χ3n) is 6.08. The molecule has 8 heteroatoms. The first kappa shape index (κ1) is 24.0. The lowest BCUT2D eigenvalue weighted by atomic mass is 10.0. The Labute approximate surface area is 217 Å². The van der Waals surface area contributed by atoms with Gasteiger partial charge in [0.05, 0.1) is 40.2 Å². The Morgan fingerprint density at radius 2 is 1.83 bits per heavy atom. The van der Waals surface area contributed by atoms with Crippen LogP contribution in [0.15, 0.2) is 54.6 Å². The number of halogens is 1. The number of benzene rings is 2. The first-order valence-corrected chi connectivity index (χ1v) is 12.5. The van der Waals surface area contributed by atoms with Crippen molar-refractivity contribution in [3.63, 3.8) is 0 Å². The average Bonchev–Trinajstić information content (AvgIpc) is 3.51. The summed E-state index contributed by atoms with van der Waals surface area (Å²) in [6, 6.07) is 16.5. The molecule has 2 heterocycles. The second-order valence-electron chi connectivity index (χ2n) is 8.22. The van der Waals surface area contributed by atoms with Crippen molar-refractivity contribution in [2.45, 2.75) is 12.8 Å². The molecule has 6 nitrogen and oxygen atoms in total. The summed E-state index contributed by atoms with van der Waals surface area (Å²) >= 11 is 7.09. The number of aromatic nitrogens is 1. The fourth-order valence-electron chi connectivity index (χ4n) is 4.39. The van der Waals surface area contributed by atoms with Gasteiger partial charge in [-0.05, 0) is 65.9 Å². The van der Waals surface area contributed by atoms with Gasteiger partial charge in [-0.2, -0.15) is 0 Å². The molecule has 182 valence electrons. The normalized spacial score (nSPS) is 13.6. The highest BCUT2D eigenvalue weighted by molar-refractivity contribution is 7.18. The number of rotatable bonds is 7. The molecule has 0 saturated carbocycles. The number of hydrogen-bond acceptors (Lipinski definition) is 7. The van der Waals surface area contributed by atoms with Gasteiger partial charge < -0.3 is 14.2 Å². The molecule has 0 bridgehead atoms. The van der Waals surface area contributed by atoms with E-state index in [1.54, 1.807) is 26.4 Å². The number of hydrogen-bond donors (Lipinski definition) is 0. The predicted molar refractivity (Wildman–Crippen MR) is 141 cm³/mol. The van der Waals surface area contributed by atoms with Crippen molar-refractivity contribution in [2.75, 3.05) is 20.8 Å². The third kappa shape index (κ3) is 4.59. The number of carbonyl (C=O) groups excluding carboxylic acids is 2. The smallest absolute Gasteiger partial charge is 0.339 e. The van der Waals surface area contributed by atoms with Gasteiger partial charge in [0.15, 0.2) is 18.1 Å². The van der Waals surface area contributed by atoms with Crippen LogP contribution in [-0.4, -0.2) is 37.6 Å². The summed E-state index contributed by atoms with van der Waals surface area (Å²) in [4.78, 5) is 31.1. The second-order valence-corrected chi connectivity index (χ2v) is 9.93. The number of pyridine rings is 1. The molecule has 0 spiro atoms. The Kier molecular flexibility index (Phi) is 6.76. The van der Waals surface area contributed by atoms with Crippen LogP contribution in [-0.2, 0) is 11.2 Å². The molecule has 36 heavy (non-hydrogen) atoms. The first-order chi connectivity index (χ1) is 17.5. The summed E-state index contributed by atoms with van der Waals surface area (Å²) in [5.74, 6) is 0.468. The van der Waals surface area contributed by atoms with E-state index in [9.17, 15) is 9.59 Å². The highest BCUT2D eigenvalue weighted by Gasteiger charge is 2.28. The number of methoxy groups -OCH3 is 2. The van der Waals surface area contributed by atoms with Crippen LogP contribution in [0.4, 0.5) is 0 Å². The molecule has 2 aromatic heterocycles. The number of thiophene rings is 1. The monoisotopic (exact) mass is 519 g/mol. The number of esters is 1. The van der Waals surface area contributed by atoms with Crippen molar-refractivity contribution in [1.82, 2.24) is 4.98 Å². The molecule has 0 radical (unpaired) electrons. The summed E-state index contributed by atoms with van der Waals surface area (Å²) < 4.78 is 16.8. The molecular formula is C28H22ClNO5S. The van der Waals surface area contributed by atoms with Gasteiger partial charge >= 0.3 is 5.97 Å². The van der Waals surface area contributed by atoms with Crippen LogP contribution in [0.3, 0.4) is 0 Å². The molecule has 0 aliphatic heterocycles. The van der Waals surface area contributed by atoms with E-state index in [1.807, 2.05) is 42.5 Å². The van der Waals surface area contributed by atoms with Gasteiger partial charge in [0.25, 0.3) is 0 Å². The SMILES string of the molecule is COc1ccc(/C=C2/CCc3c2nc2ccccc2c3C(=O)OCC(=O)c2ccc(Cl)s2)cc1OC. The Morgan fingerprint density at radius 3 is 2.58 bits per heavy atom. The molecule has 5 rings (SSSR count). The maximum atomic E-state index is 13.3. The lowest BCUT2D eigenvalue weighted by molar-refractivity contribution is 0.0476. The van der Waals surface area contributed by atoms with Crippen molar-refractivity contribution in [3.05, 3.63) is 86.2 Å². The summed E-state index contributed by atoms with van der Waals surface area (Å²) in [6.45, 7) is -0.352. The minimum absolute atomic E-state index is 0.288. The molecular weight excluding hydrogens is 498 g/mol. The van der Waals surface area contributed by atoms with E-state index < -0.39 is 5.97 Å². The number of fused-ring (bicyclic) bond motifs is 2. The maximum Gasteiger partial charge on any atom is 0.339 e. The van der Waals surface area contributed by atoms with Crippen LogP contribution in [0, 0.1) is 0 Å². The molecule has 0 unspecified atom stereocenters. The standard InChI is InChI=1S/C28H22ClNO5S/c1-33-22-10-7-16(14-23(22)34-2)13-17-8-9-19-26(18-5-3-4-6-20(18)30-27(17)19)28(32)35-15-21(31)24-11-12-25(29)36-24/h3-7,10-14H,8-9,15H2,1-2H3/b17-13-. The molecule has 0 amide bonds. The van der Waals surface area contributed by atoms with Crippen LogP contribution in [0.1, 0.15) is 43.3 Å². The Hall–Kier alpha value is -3.68. The Morgan fingerprint density at radius 1 is 1.03 bits per heavy atom. The lowest BCUT2D eigenvalue weighted by Crippen LogP contribution is -2.15. The Balaban J connectivity index is 1.50. The maximum absolute atomic E-state index is 13.3. The van der Waals surface area contributed by atoms with E-state index in [0.717, 1.165) is 40.2 Å². The topological polar surface area (TPSA) is 74.7 Å². The summed E-state index contributed by atoms with van der Waals surface area (Å²) in [6.07, 6.45) is 3.42. The lowest BCUT2D eigenvalue weighted by Gasteiger charge is -2.12. The molecule has 0 saturated heterocycles. The highest BCUT2D eigenvalue weighted by atomic mass is 35.5. The molecule has 0 fully saturated rings. The van der Waals surface area contributed by atoms with Crippen LogP contribution in [0.5, 0.6) is 11.5 Å². The molecule has 1 aliphatic carbocycles. The first-order valence-electron chi connectivity index (χ1n) is 11.3. The van der Waals surface area contributed by atoms with Crippen molar-refractivity contribution >= 4 is 57.2 Å². The zero-order valence-corrected chi connectivity index (χ0v) is 21.2. The average molecular weight is 520 g/mol. The van der Waals surface area contributed by atoms with Crippen molar-refractivity contribution in [3.8, 4) is 11.5 Å². The number of Topliss-reactive ketones (excluding diaryl/α,β-unsaturated/α-hetero) is 1. The molecule has 4 aromatic rings. The fourth-order valence-corrected chi connectivity index (χ4v) is 5.36. The minimum Gasteiger partial charge on any atom is -0.493 e. The van der Waals surface area contributed by atoms with Crippen molar-refractivity contribution in [1.29, 1.82) is 0 Å². The number of ketones is 1. The van der Waals surface area contributed by atoms with E-state index in [-0.39, 0.29) is 12.4 Å². The van der Waals surface area contributed by atoms with Gasteiger partial charge in [-0.15, -0.1) is 11.3 Å². The fraction of sp³-hybridized carbons (Fsp3) is 0.179. The van der Waals surface area contributed by atoms with Crippen LogP contribution >= 0.6 is 22.9 Å². The summed E-state index contributed by atoms with van der Waals surface area (Å²) in [5, 5.41) is 0.709. The van der Waals surface area contributed by atoms with Crippen molar-refractivity contribution < 1.29 is 23.8 Å². The van der Waals surface area contributed by atoms with Gasteiger partial charge in [0, 0.05) is 5.39 Å². The second kappa shape index (κ2) is 10.1. The number of allylic oxidation sites excluding steroid dienone is 1.